The van der Waals surface area contributed by atoms with Crippen LogP contribution in [0.5, 0.6) is 5.75 Å². The van der Waals surface area contributed by atoms with Crippen molar-refractivity contribution in [3.05, 3.63) is 63.6 Å². The highest BCUT2D eigenvalue weighted by Crippen LogP contribution is 2.27. The molecule has 0 radical (unpaired) electrons. The van der Waals surface area contributed by atoms with E-state index in [2.05, 4.69) is 21.2 Å². The number of barbiturate groups is 1. The van der Waals surface area contributed by atoms with Gasteiger partial charge in [0.05, 0.1) is 12.8 Å². The Morgan fingerprint density at radius 3 is 2.54 bits per heavy atom. The monoisotopic (exact) mass is 414 g/mol. The summed E-state index contributed by atoms with van der Waals surface area (Å²) in [5, 5.41) is 2.21. The van der Waals surface area contributed by atoms with Crippen molar-refractivity contribution in [2.75, 3.05) is 12.0 Å². The van der Waals surface area contributed by atoms with Crippen LogP contribution in [0, 0.1) is 6.92 Å². The molecule has 26 heavy (non-hydrogen) atoms. The largest absolute Gasteiger partial charge is 0.496 e. The molecule has 6 nitrogen and oxygen atoms in total. The molecule has 4 amide bonds. The highest BCUT2D eigenvalue weighted by Gasteiger charge is 2.37. The minimum Gasteiger partial charge on any atom is -0.496 e. The van der Waals surface area contributed by atoms with Crippen LogP contribution in [-0.4, -0.2) is 25.0 Å². The topological polar surface area (TPSA) is 75.7 Å². The third-order valence-electron chi connectivity index (χ3n) is 3.94. The molecule has 0 saturated carbocycles. The van der Waals surface area contributed by atoms with E-state index in [1.165, 1.54) is 13.2 Å². The smallest absolute Gasteiger partial charge is 0.335 e. The summed E-state index contributed by atoms with van der Waals surface area (Å²) >= 11 is 3.38. The number of halogens is 1. The van der Waals surface area contributed by atoms with Crippen LogP contribution < -0.4 is 15.0 Å². The van der Waals surface area contributed by atoms with Gasteiger partial charge in [-0.15, -0.1) is 0 Å². The first kappa shape index (κ1) is 17.9. The molecule has 1 fully saturated rings. The number of anilines is 1. The second-order valence-electron chi connectivity index (χ2n) is 5.63. The fraction of sp³-hybridized carbons (Fsp3) is 0.105. The Hall–Kier alpha value is -2.93. The molecule has 1 saturated heterocycles. The van der Waals surface area contributed by atoms with Crippen molar-refractivity contribution in [1.82, 2.24) is 5.32 Å². The molecule has 0 bridgehead atoms. The molecular weight excluding hydrogens is 400 g/mol. The summed E-state index contributed by atoms with van der Waals surface area (Å²) in [7, 11) is 1.50. The highest BCUT2D eigenvalue weighted by atomic mass is 79.9. The summed E-state index contributed by atoms with van der Waals surface area (Å²) in [6.07, 6.45) is 1.42. The number of rotatable bonds is 3. The van der Waals surface area contributed by atoms with Crippen molar-refractivity contribution in [2.45, 2.75) is 6.92 Å². The number of urea groups is 1. The zero-order chi connectivity index (χ0) is 18.8. The summed E-state index contributed by atoms with van der Waals surface area (Å²) in [6.45, 7) is 1.84. The molecule has 0 spiro atoms. The number of carbonyl (C=O) groups excluding carboxylic acids is 3. The molecule has 1 aliphatic heterocycles. The standard InChI is InChI=1S/C19H15BrN2O4/c1-11-9-13(7-8-15(11)20)22-18(24)14(17(23)21-19(22)25)10-12-5-3-4-6-16(12)26-2/h3-10H,1-2H3,(H,21,23,25)/b14-10+. The predicted octanol–water partition coefficient (Wildman–Crippen LogP) is 3.43. The first-order chi connectivity index (χ1) is 12.4. The van der Waals surface area contributed by atoms with Gasteiger partial charge < -0.3 is 4.74 Å². The number of imide groups is 2. The maximum Gasteiger partial charge on any atom is 0.335 e. The number of benzene rings is 2. The lowest BCUT2D eigenvalue weighted by atomic mass is 10.1. The van der Waals surface area contributed by atoms with E-state index in [1.54, 1.807) is 42.5 Å². The molecule has 1 heterocycles. The van der Waals surface area contributed by atoms with E-state index in [4.69, 9.17) is 4.74 Å². The molecule has 0 atom stereocenters. The maximum absolute atomic E-state index is 12.9. The molecular formula is C19H15BrN2O4. The zero-order valence-corrected chi connectivity index (χ0v) is 15.7. The average Bonchev–Trinajstić information content (AvgIpc) is 2.61. The number of ether oxygens (including phenoxy) is 1. The predicted molar refractivity (Wildman–Crippen MR) is 101 cm³/mol. The lowest BCUT2D eigenvalue weighted by Gasteiger charge is -2.26. The number of para-hydroxylation sites is 1. The third-order valence-corrected chi connectivity index (χ3v) is 4.83. The molecule has 7 heteroatoms. The Balaban J connectivity index is 2.05. The molecule has 3 rings (SSSR count). The molecule has 2 aromatic rings. The maximum atomic E-state index is 12.9. The van der Waals surface area contributed by atoms with Crippen molar-refractivity contribution in [3.8, 4) is 5.75 Å². The molecule has 1 aliphatic rings. The van der Waals surface area contributed by atoms with Gasteiger partial charge in [-0.1, -0.05) is 34.1 Å². The summed E-state index contributed by atoms with van der Waals surface area (Å²) < 4.78 is 6.10. The van der Waals surface area contributed by atoms with Crippen LogP contribution in [0.25, 0.3) is 6.08 Å². The van der Waals surface area contributed by atoms with E-state index in [0.29, 0.717) is 17.0 Å². The molecule has 0 aromatic heterocycles. The van der Waals surface area contributed by atoms with Crippen LogP contribution in [-0.2, 0) is 9.59 Å². The number of carbonyl (C=O) groups is 3. The van der Waals surface area contributed by atoms with E-state index in [1.807, 2.05) is 6.92 Å². The lowest BCUT2D eigenvalue weighted by molar-refractivity contribution is -0.122. The van der Waals surface area contributed by atoms with Crippen LogP contribution >= 0.6 is 15.9 Å². The van der Waals surface area contributed by atoms with Crippen molar-refractivity contribution in [1.29, 1.82) is 0 Å². The Morgan fingerprint density at radius 1 is 1.12 bits per heavy atom. The summed E-state index contributed by atoms with van der Waals surface area (Å²) in [5.41, 5.74) is 1.66. The van der Waals surface area contributed by atoms with Gasteiger partial charge in [-0.2, -0.15) is 0 Å². The van der Waals surface area contributed by atoms with E-state index < -0.39 is 17.8 Å². The molecule has 2 aromatic carbocycles. The Morgan fingerprint density at radius 2 is 1.85 bits per heavy atom. The van der Waals surface area contributed by atoms with Gasteiger partial charge in [0.25, 0.3) is 11.8 Å². The van der Waals surface area contributed by atoms with Crippen molar-refractivity contribution in [2.24, 2.45) is 0 Å². The number of nitrogens with one attached hydrogen (secondary N) is 1. The van der Waals surface area contributed by atoms with E-state index >= 15 is 0 Å². The number of hydrogen-bond donors (Lipinski definition) is 1. The SMILES string of the molecule is COc1ccccc1/C=C1\C(=O)NC(=O)N(c2ccc(Br)c(C)c2)C1=O. The van der Waals surface area contributed by atoms with Crippen LogP contribution in [0.15, 0.2) is 52.5 Å². The van der Waals surface area contributed by atoms with E-state index in [-0.39, 0.29) is 5.57 Å². The zero-order valence-electron chi connectivity index (χ0n) is 14.1. The molecule has 1 N–H and O–H groups in total. The van der Waals surface area contributed by atoms with E-state index in [9.17, 15) is 14.4 Å². The minimum atomic E-state index is -0.779. The Kier molecular flexibility index (Phi) is 4.90. The van der Waals surface area contributed by atoms with Crippen molar-refractivity contribution < 1.29 is 19.1 Å². The van der Waals surface area contributed by atoms with Gasteiger partial charge in [0.2, 0.25) is 0 Å². The number of nitrogens with zero attached hydrogens (tertiary/aromatic N) is 1. The highest BCUT2D eigenvalue weighted by molar-refractivity contribution is 9.10. The third kappa shape index (κ3) is 3.25. The number of amides is 4. The second-order valence-corrected chi connectivity index (χ2v) is 6.49. The summed E-state index contributed by atoms with van der Waals surface area (Å²) in [6, 6.07) is 11.3. The summed E-state index contributed by atoms with van der Waals surface area (Å²) in [4.78, 5) is 38.3. The number of aryl methyl sites for hydroxylation is 1. The average molecular weight is 415 g/mol. The van der Waals surface area contributed by atoms with Gasteiger partial charge in [-0.25, -0.2) is 9.69 Å². The fourth-order valence-corrected chi connectivity index (χ4v) is 2.85. The number of methoxy groups -OCH3 is 1. The first-order valence-corrected chi connectivity index (χ1v) is 8.52. The quantitative estimate of drug-likeness (QED) is 0.616. The normalized spacial score (nSPS) is 16.0. The van der Waals surface area contributed by atoms with Crippen LogP contribution in [0.2, 0.25) is 0 Å². The first-order valence-electron chi connectivity index (χ1n) is 7.73. The van der Waals surface area contributed by atoms with Gasteiger partial charge in [0.1, 0.15) is 11.3 Å². The molecule has 0 aliphatic carbocycles. The summed E-state index contributed by atoms with van der Waals surface area (Å²) in [5.74, 6) is -0.911. The Labute approximate surface area is 158 Å². The van der Waals surface area contributed by atoms with E-state index in [0.717, 1.165) is 14.9 Å². The Bertz CT molecular complexity index is 952. The van der Waals surface area contributed by atoms with Gasteiger partial charge >= 0.3 is 6.03 Å². The van der Waals surface area contributed by atoms with Gasteiger partial charge in [-0.3, -0.25) is 14.9 Å². The van der Waals surface area contributed by atoms with Gasteiger partial charge in [0, 0.05) is 10.0 Å². The van der Waals surface area contributed by atoms with Gasteiger partial charge in [-0.05, 0) is 42.8 Å². The number of hydrogen-bond acceptors (Lipinski definition) is 4. The van der Waals surface area contributed by atoms with Crippen molar-refractivity contribution in [3.63, 3.8) is 0 Å². The fourth-order valence-electron chi connectivity index (χ4n) is 2.60. The molecule has 132 valence electrons. The lowest BCUT2D eigenvalue weighted by Crippen LogP contribution is -2.54. The van der Waals surface area contributed by atoms with Crippen molar-refractivity contribution >= 4 is 45.5 Å². The molecule has 0 unspecified atom stereocenters. The van der Waals surface area contributed by atoms with Crippen LogP contribution in [0.4, 0.5) is 10.5 Å². The van der Waals surface area contributed by atoms with Crippen LogP contribution in [0.1, 0.15) is 11.1 Å². The van der Waals surface area contributed by atoms with Gasteiger partial charge in [0.15, 0.2) is 0 Å². The van der Waals surface area contributed by atoms with Crippen LogP contribution in [0.3, 0.4) is 0 Å². The minimum absolute atomic E-state index is 0.144. The second kappa shape index (κ2) is 7.13.